The molecule has 0 aliphatic rings. The van der Waals surface area contributed by atoms with Gasteiger partial charge in [-0.05, 0) is 11.6 Å². The van der Waals surface area contributed by atoms with Crippen LogP contribution in [0.1, 0.15) is 12.5 Å². The quantitative estimate of drug-likeness (QED) is 0.588. The van der Waals surface area contributed by atoms with Crippen LogP contribution in [0.15, 0.2) is 18.5 Å². The monoisotopic (exact) mass is 209 g/mol. The van der Waals surface area contributed by atoms with Crippen LogP contribution in [0.3, 0.4) is 0 Å². The Morgan fingerprint density at radius 1 is 1.33 bits per heavy atom. The molecule has 0 aromatic carbocycles. The van der Waals surface area contributed by atoms with E-state index >= 15 is 0 Å². The number of rotatable bonds is 5. The van der Waals surface area contributed by atoms with Gasteiger partial charge in [-0.25, -0.2) is 0 Å². The highest BCUT2D eigenvalue weighted by atomic mass is 16.2. The summed E-state index contributed by atoms with van der Waals surface area (Å²) in [5, 5.41) is 5.31. The maximum Gasteiger partial charge on any atom is 0.224 e. The van der Waals surface area contributed by atoms with E-state index in [2.05, 4.69) is 15.6 Å². The third-order valence-corrected chi connectivity index (χ3v) is 1.85. The van der Waals surface area contributed by atoms with Gasteiger partial charge in [-0.15, -0.1) is 0 Å². The molecule has 82 valence electrons. The SMILES string of the molecule is CC(=O)NCCNC(=O)Cc1cc[nH]c1. The van der Waals surface area contributed by atoms with Gasteiger partial charge < -0.3 is 15.6 Å². The maximum atomic E-state index is 11.3. The summed E-state index contributed by atoms with van der Waals surface area (Å²) < 4.78 is 0. The normalized spacial score (nSPS) is 9.67. The van der Waals surface area contributed by atoms with Crippen LogP contribution >= 0.6 is 0 Å². The third kappa shape index (κ3) is 4.85. The number of carbonyl (C=O) groups excluding carboxylic acids is 2. The van der Waals surface area contributed by atoms with Gasteiger partial charge in [0, 0.05) is 32.4 Å². The van der Waals surface area contributed by atoms with Crippen molar-refractivity contribution >= 4 is 11.8 Å². The Morgan fingerprint density at radius 3 is 2.67 bits per heavy atom. The summed E-state index contributed by atoms with van der Waals surface area (Å²) in [6.45, 7) is 2.37. The smallest absolute Gasteiger partial charge is 0.224 e. The van der Waals surface area contributed by atoms with E-state index in [1.54, 1.807) is 12.4 Å². The van der Waals surface area contributed by atoms with E-state index in [-0.39, 0.29) is 11.8 Å². The molecule has 2 amide bonds. The molecule has 0 aliphatic carbocycles. The van der Waals surface area contributed by atoms with Crippen LogP contribution in [-0.2, 0) is 16.0 Å². The van der Waals surface area contributed by atoms with Gasteiger partial charge in [0.05, 0.1) is 6.42 Å². The van der Waals surface area contributed by atoms with Crippen LogP contribution in [0.2, 0.25) is 0 Å². The van der Waals surface area contributed by atoms with Crippen molar-refractivity contribution < 1.29 is 9.59 Å². The largest absolute Gasteiger partial charge is 0.367 e. The summed E-state index contributed by atoms with van der Waals surface area (Å²) in [5.74, 6) is -0.130. The molecule has 0 unspecified atom stereocenters. The topological polar surface area (TPSA) is 74.0 Å². The van der Waals surface area contributed by atoms with E-state index in [4.69, 9.17) is 0 Å². The van der Waals surface area contributed by atoms with Crippen molar-refractivity contribution in [2.24, 2.45) is 0 Å². The molecule has 0 aliphatic heterocycles. The van der Waals surface area contributed by atoms with Crippen LogP contribution < -0.4 is 10.6 Å². The van der Waals surface area contributed by atoms with E-state index < -0.39 is 0 Å². The number of amides is 2. The Hall–Kier alpha value is -1.78. The Kier molecular flexibility index (Phi) is 4.40. The summed E-state index contributed by atoms with van der Waals surface area (Å²) >= 11 is 0. The molecular weight excluding hydrogens is 194 g/mol. The highest BCUT2D eigenvalue weighted by Crippen LogP contribution is 1.96. The molecule has 3 N–H and O–H groups in total. The zero-order valence-electron chi connectivity index (χ0n) is 8.67. The minimum absolute atomic E-state index is 0.0417. The lowest BCUT2D eigenvalue weighted by Gasteiger charge is -2.04. The highest BCUT2D eigenvalue weighted by molar-refractivity contribution is 5.78. The summed E-state index contributed by atoms with van der Waals surface area (Å²) in [7, 11) is 0. The van der Waals surface area contributed by atoms with Crippen LogP contribution in [0, 0.1) is 0 Å². The molecule has 0 atom stereocenters. The Bertz CT molecular complexity index is 319. The minimum Gasteiger partial charge on any atom is -0.367 e. The van der Waals surface area contributed by atoms with Crippen molar-refractivity contribution in [2.75, 3.05) is 13.1 Å². The molecule has 0 bridgehead atoms. The first-order valence-corrected chi connectivity index (χ1v) is 4.81. The molecule has 1 aromatic rings. The molecule has 5 nitrogen and oxygen atoms in total. The number of hydrogen-bond donors (Lipinski definition) is 3. The van der Waals surface area contributed by atoms with Gasteiger partial charge in [0.15, 0.2) is 0 Å². The van der Waals surface area contributed by atoms with Crippen molar-refractivity contribution in [3.05, 3.63) is 24.0 Å². The summed E-state index contributed by atoms with van der Waals surface area (Å²) in [5.41, 5.74) is 0.951. The third-order valence-electron chi connectivity index (χ3n) is 1.85. The van der Waals surface area contributed by atoms with Gasteiger partial charge in [-0.1, -0.05) is 0 Å². The van der Waals surface area contributed by atoms with Gasteiger partial charge in [-0.2, -0.15) is 0 Å². The van der Waals surface area contributed by atoms with Crippen molar-refractivity contribution in [2.45, 2.75) is 13.3 Å². The van der Waals surface area contributed by atoms with Crippen molar-refractivity contribution in [3.8, 4) is 0 Å². The van der Waals surface area contributed by atoms with Crippen LogP contribution in [0.25, 0.3) is 0 Å². The molecule has 1 aromatic heterocycles. The number of carbonyl (C=O) groups is 2. The fourth-order valence-electron chi connectivity index (χ4n) is 1.16. The average molecular weight is 209 g/mol. The predicted molar refractivity (Wildman–Crippen MR) is 56.2 cm³/mol. The van der Waals surface area contributed by atoms with Crippen LogP contribution in [0.5, 0.6) is 0 Å². The Morgan fingerprint density at radius 2 is 2.07 bits per heavy atom. The molecule has 0 saturated heterocycles. The van der Waals surface area contributed by atoms with Gasteiger partial charge in [0.1, 0.15) is 0 Å². The Balaban J connectivity index is 2.11. The molecule has 0 spiro atoms. The standard InChI is InChI=1S/C10H15N3O2/c1-8(14)12-4-5-13-10(15)6-9-2-3-11-7-9/h2-3,7,11H,4-6H2,1H3,(H,12,14)(H,13,15). The molecule has 5 heteroatoms. The van der Waals surface area contributed by atoms with Gasteiger partial charge in [0.25, 0.3) is 0 Å². The lowest BCUT2D eigenvalue weighted by molar-refractivity contribution is -0.121. The van der Waals surface area contributed by atoms with Crippen LogP contribution in [-0.4, -0.2) is 29.9 Å². The zero-order valence-corrected chi connectivity index (χ0v) is 8.67. The molecule has 1 heterocycles. The fourth-order valence-corrected chi connectivity index (χ4v) is 1.16. The maximum absolute atomic E-state index is 11.3. The van der Waals surface area contributed by atoms with Gasteiger partial charge in [0.2, 0.25) is 11.8 Å². The number of nitrogens with one attached hydrogen (secondary N) is 3. The molecule has 15 heavy (non-hydrogen) atoms. The van der Waals surface area contributed by atoms with E-state index in [1.165, 1.54) is 6.92 Å². The van der Waals surface area contributed by atoms with Gasteiger partial charge >= 0.3 is 0 Å². The fraction of sp³-hybridized carbons (Fsp3) is 0.400. The molecule has 0 fully saturated rings. The lowest BCUT2D eigenvalue weighted by atomic mass is 10.2. The van der Waals surface area contributed by atoms with E-state index in [1.807, 2.05) is 6.07 Å². The first kappa shape index (κ1) is 11.3. The number of hydrogen-bond acceptors (Lipinski definition) is 2. The van der Waals surface area contributed by atoms with Crippen molar-refractivity contribution in [1.29, 1.82) is 0 Å². The number of H-pyrrole nitrogens is 1. The van der Waals surface area contributed by atoms with Crippen LogP contribution in [0.4, 0.5) is 0 Å². The number of aromatic amines is 1. The molecular formula is C10H15N3O2. The van der Waals surface area contributed by atoms with Crippen molar-refractivity contribution in [1.82, 2.24) is 15.6 Å². The second-order valence-corrected chi connectivity index (χ2v) is 3.23. The van der Waals surface area contributed by atoms with Crippen molar-refractivity contribution in [3.63, 3.8) is 0 Å². The highest BCUT2D eigenvalue weighted by Gasteiger charge is 2.02. The second kappa shape index (κ2) is 5.85. The second-order valence-electron chi connectivity index (χ2n) is 3.23. The van der Waals surface area contributed by atoms with E-state index in [0.717, 1.165) is 5.56 Å². The summed E-state index contributed by atoms with van der Waals surface area (Å²) in [4.78, 5) is 24.7. The average Bonchev–Trinajstić information content (AvgIpc) is 2.64. The van der Waals surface area contributed by atoms with E-state index in [0.29, 0.717) is 19.5 Å². The molecule has 0 radical (unpaired) electrons. The van der Waals surface area contributed by atoms with E-state index in [9.17, 15) is 9.59 Å². The Labute approximate surface area is 88.3 Å². The predicted octanol–water partition coefficient (Wildman–Crippen LogP) is -0.190. The first-order valence-electron chi connectivity index (χ1n) is 4.81. The zero-order chi connectivity index (χ0) is 11.1. The molecule has 0 saturated carbocycles. The summed E-state index contributed by atoms with van der Waals surface area (Å²) in [6.07, 6.45) is 3.93. The first-order chi connectivity index (χ1) is 7.18. The van der Waals surface area contributed by atoms with Gasteiger partial charge in [-0.3, -0.25) is 9.59 Å². The minimum atomic E-state index is -0.0881. The summed E-state index contributed by atoms with van der Waals surface area (Å²) in [6, 6.07) is 1.85. The lowest BCUT2D eigenvalue weighted by Crippen LogP contribution is -2.34. The molecule has 1 rings (SSSR count). The number of aromatic nitrogens is 1.